The van der Waals surface area contributed by atoms with Crippen LogP contribution < -0.4 is 0 Å². The van der Waals surface area contributed by atoms with Crippen molar-refractivity contribution < 1.29 is 26.2 Å². The molecular formula is CH8Al2Zr. The zero-order chi connectivity index (χ0) is 2.00. The molecule has 0 aliphatic heterocycles. The van der Waals surface area contributed by atoms with E-state index in [1.54, 1.807) is 0 Å². The first kappa shape index (κ1) is 16.8. The quantitative estimate of drug-likeness (QED) is 0.383. The summed E-state index contributed by atoms with van der Waals surface area (Å²) in [4.78, 5) is 0. The van der Waals surface area contributed by atoms with Crippen molar-refractivity contribution in [3.63, 3.8) is 0 Å². The number of rotatable bonds is 0. The molecule has 0 aromatic carbocycles. The van der Waals surface area contributed by atoms with Crippen molar-refractivity contribution in [3.05, 3.63) is 0 Å². The molecule has 0 rings (SSSR count). The van der Waals surface area contributed by atoms with E-state index in [9.17, 15) is 0 Å². The fourth-order valence-electron chi connectivity index (χ4n) is 0. The van der Waals surface area contributed by atoms with Crippen LogP contribution in [0, 0.1) is 0 Å². The Morgan fingerprint density at radius 3 is 1.25 bits per heavy atom. The van der Waals surface area contributed by atoms with Gasteiger partial charge in [0, 0.05) is 26.2 Å². The van der Waals surface area contributed by atoms with E-state index in [2.05, 4.69) is 5.79 Å². The molecule has 0 saturated carbocycles. The van der Waals surface area contributed by atoms with Crippen LogP contribution in [0.5, 0.6) is 0 Å². The SMILES string of the molecule is [AlH3].[CH3][AlH2].[Zr]. The van der Waals surface area contributed by atoms with Crippen LogP contribution in [-0.2, 0) is 26.2 Å². The average molecular weight is 165 g/mol. The molecule has 0 fully saturated rings. The van der Waals surface area contributed by atoms with Crippen LogP contribution in [0.1, 0.15) is 0 Å². The summed E-state index contributed by atoms with van der Waals surface area (Å²) in [6.07, 6.45) is 0. The van der Waals surface area contributed by atoms with E-state index in [0.29, 0.717) is 0 Å². The van der Waals surface area contributed by atoms with Crippen molar-refractivity contribution >= 4 is 33.7 Å². The standard InChI is InChI=1S/CH3.2Al.Zr.5H/h1H3;;;;;;;;. The summed E-state index contributed by atoms with van der Waals surface area (Å²) in [7, 11) is 0. The molecule has 0 bridgehead atoms. The Morgan fingerprint density at radius 2 is 1.25 bits per heavy atom. The van der Waals surface area contributed by atoms with Crippen LogP contribution in [0.3, 0.4) is 0 Å². The molecule has 0 aromatic rings. The average Bonchev–Trinajstić information content (AvgIpc) is 1.00. The largest absolute Gasteiger partial charge is 0.207 e. The Labute approximate surface area is 65.0 Å². The molecule has 0 atom stereocenters. The Hall–Kier alpha value is 1.95. The fourth-order valence-corrected chi connectivity index (χ4v) is 0. The Bertz CT molecular complexity index is 6.00. The minimum atomic E-state index is 0. The molecule has 0 radical (unpaired) electrons. The second-order valence-electron chi connectivity index (χ2n) is 0. The molecule has 3 heteroatoms. The third-order valence-electron chi connectivity index (χ3n) is 0. The van der Waals surface area contributed by atoms with E-state index in [4.69, 9.17) is 0 Å². The van der Waals surface area contributed by atoms with Gasteiger partial charge in [-0.1, -0.05) is 0 Å². The van der Waals surface area contributed by atoms with Crippen molar-refractivity contribution in [3.8, 4) is 0 Å². The summed E-state index contributed by atoms with van der Waals surface area (Å²) < 4.78 is 0. The summed E-state index contributed by atoms with van der Waals surface area (Å²) in [5.74, 6) is 2.14. The van der Waals surface area contributed by atoms with Crippen molar-refractivity contribution in [2.45, 2.75) is 5.79 Å². The molecule has 0 aliphatic carbocycles. The normalized spacial score (nSPS) is 1.25. The summed E-state index contributed by atoms with van der Waals surface area (Å²) in [6, 6.07) is 0. The smallest absolute Gasteiger partial charge is 0.112 e. The molecule has 0 heterocycles. The molecule has 0 N–H and O–H groups in total. The van der Waals surface area contributed by atoms with Crippen LogP contribution in [0.4, 0.5) is 0 Å². The Morgan fingerprint density at radius 1 is 1.25 bits per heavy atom. The van der Waals surface area contributed by atoms with Gasteiger partial charge in [-0.15, -0.1) is 5.79 Å². The first-order chi connectivity index (χ1) is 1.00. The van der Waals surface area contributed by atoms with Gasteiger partial charge in [-0.25, -0.2) is 0 Å². The van der Waals surface area contributed by atoms with E-state index in [0.717, 1.165) is 0 Å². The van der Waals surface area contributed by atoms with Gasteiger partial charge >= 0.3 is 0 Å². The van der Waals surface area contributed by atoms with Gasteiger partial charge in [0.2, 0.25) is 16.3 Å². The fraction of sp³-hybridized carbons (Fsp3) is 1.00. The molecule has 0 unspecified atom stereocenters. The third-order valence-corrected chi connectivity index (χ3v) is 0. The molecule has 0 nitrogen and oxygen atoms in total. The molecule has 0 aliphatic rings. The van der Waals surface area contributed by atoms with Gasteiger partial charge in [-0.3, -0.25) is 0 Å². The summed E-state index contributed by atoms with van der Waals surface area (Å²) in [5, 5.41) is 0. The third kappa shape index (κ3) is 9.04. The second kappa shape index (κ2) is 20.3. The van der Waals surface area contributed by atoms with Crippen LogP contribution in [0.2, 0.25) is 5.79 Å². The monoisotopic (exact) mass is 164 g/mol. The van der Waals surface area contributed by atoms with Crippen LogP contribution >= 0.6 is 0 Å². The van der Waals surface area contributed by atoms with E-state index >= 15 is 0 Å². The second-order valence-corrected chi connectivity index (χ2v) is 0. The van der Waals surface area contributed by atoms with Gasteiger partial charge in [0.1, 0.15) is 0 Å². The van der Waals surface area contributed by atoms with E-state index in [1.165, 1.54) is 16.3 Å². The summed E-state index contributed by atoms with van der Waals surface area (Å²) >= 11 is 1.31. The molecule has 0 amide bonds. The maximum atomic E-state index is 2.14. The zero-order valence-electron chi connectivity index (χ0n) is 2.50. The van der Waals surface area contributed by atoms with Gasteiger partial charge in [0.05, 0.1) is 0 Å². The maximum Gasteiger partial charge on any atom is 0.207 e. The van der Waals surface area contributed by atoms with E-state index < -0.39 is 0 Å². The predicted octanol–water partition coefficient (Wildman–Crippen LogP) is -1.52. The molecule has 4 heavy (non-hydrogen) atoms. The first-order valence-electron chi connectivity index (χ1n) is 1.00. The summed E-state index contributed by atoms with van der Waals surface area (Å²) in [5.41, 5.74) is 0. The zero-order valence-corrected chi connectivity index (χ0v) is 6.96. The Kier molecular flexibility index (Phi) is 85.1. The van der Waals surface area contributed by atoms with Crippen molar-refractivity contribution in [2.75, 3.05) is 0 Å². The Balaban J connectivity index is -0.00000000500. The predicted molar refractivity (Wildman–Crippen MR) is 24.3 cm³/mol. The van der Waals surface area contributed by atoms with E-state index in [-0.39, 0.29) is 43.6 Å². The van der Waals surface area contributed by atoms with Gasteiger partial charge in [-0.05, 0) is 0 Å². The van der Waals surface area contributed by atoms with Gasteiger partial charge in [-0.2, -0.15) is 0 Å². The van der Waals surface area contributed by atoms with Crippen molar-refractivity contribution in [1.82, 2.24) is 0 Å². The molecule has 0 aromatic heterocycles. The van der Waals surface area contributed by atoms with Gasteiger partial charge < -0.3 is 0 Å². The molecular weight excluding hydrogens is 157 g/mol. The van der Waals surface area contributed by atoms with Crippen LogP contribution in [0.25, 0.3) is 0 Å². The first-order valence-corrected chi connectivity index (χ1v) is 3.00. The molecule has 0 spiro atoms. The number of hydrogen-bond donors (Lipinski definition) is 0. The molecule has 22 valence electrons. The van der Waals surface area contributed by atoms with Crippen LogP contribution in [-0.4, -0.2) is 33.7 Å². The molecule has 0 saturated heterocycles. The van der Waals surface area contributed by atoms with Gasteiger partial charge in [0.15, 0.2) is 17.4 Å². The number of hydrogen-bond acceptors (Lipinski definition) is 0. The van der Waals surface area contributed by atoms with E-state index in [1.807, 2.05) is 0 Å². The van der Waals surface area contributed by atoms with Gasteiger partial charge in [0.25, 0.3) is 0 Å². The topological polar surface area (TPSA) is 0 Å². The minimum Gasteiger partial charge on any atom is -0.112 e. The van der Waals surface area contributed by atoms with Crippen molar-refractivity contribution in [1.29, 1.82) is 0 Å². The van der Waals surface area contributed by atoms with Crippen LogP contribution in [0.15, 0.2) is 0 Å². The summed E-state index contributed by atoms with van der Waals surface area (Å²) in [6.45, 7) is 0. The minimum absolute atomic E-state index is 0. The maximum absolute atomic E-state index is 2.14. The van der Waals surface area contributed by atoms with Crippen molar-refractivity contribution in [2.24, 2.45) is 0 Å².